The number of hydrogen-bond acceptors (Lipinski definition) is 6. The minimum Gasteiger partial charge on any atom is -0.368 e. The highest BCUT2D eigenvalue weighted by Crippen LogP contribution is 2.30. The molecule has 0 spiro atoms. The highest BCUT2D eigenvalue weighted by molar-refractivity contribution is 8.01. The van der Waals surface area contributed by atoms with Crippen molar-refractivity contribution in [1.29, 1.82) is 0 Å². The van der Waals surface area contributed by atoms with Crippen molar-refractivity contribution in [2.24, 2.45) is 5.73 Å². The number of primary amides is 1. The van der Waals surface area contributed by atoms with E-state index in [-0.39, 0.29) is 43.0 Å². The Balaban J connectivity index is 2.38. The number of likely N-dealkylation sites (tertiary alicyclic amines) is 1. The Morgan fingerprint density at radius 2 is 1.93 bits per heavy atom. The predicted octanol–water partition coefficient (Wildman–Crippen LogP) is -0.0779. The average molecular weight is 415 g/mol. The summed E-state index contributed by atoms with van der Waals surface area (Å²) in [6.07, 6.45) is 3.24. The molecule has 3 unspecified atom stereocenters. The maximum Gasteiger partial charge on any atom is 0.242 e. The largest absolute Gasteiger partial charge is 0.368 e. The van der Waals surface area contributed by atoms with Crippen molar-refractivity contribution < 1.29 is 24.0 Å². The van der Waals surface area contributed by atoms with Crippen LogP contribution in [0.1, 0.15) is 52.9 Å². The van der Waals surface area contributed by atoms with Crippen LogP contribution in [0.25, 0.3) is 0 Å². The van der Waals surface area contributed by atoms with Crippen LogP contribution in [0.15, 0.2) is 0 Å². The Morgan fingerprint density at radius 1 is 1.25 bits per heavy atom. The first-order valence-electron chi connectivity index (χ1n) is 9.50. The highest BCUT2D eigenvalue weighted by atomic mass is 32.2. The third kappa shape index (κ3) is 7.87. The molecule has 0 bridgehead atoms. The molecular formula is C18H30N4O5S. The second-order valence-electron chi connectivity index (χ2n) is 6.88. The molecule has 0 saturated carbocycles. The van der Waals surface area contributed by atoms with Gasteiger partial charge in [-0.05, 0) is 13.3 Å². The summed E-state index contributed by atoms with van der Waals surface area (Å²) in [6, 6.07) is -0.835. The van der Waals surface area contributed by atoms with Gasteiger partial charge in [-0.15, -0.1) is 11.8 Å². The van der Waals surface area contributed by atoms with Crippen molar-refractivity contribution in [3.05, 3.63) is 0 Å². The molecule has 1 aliphatic heterocycles. The van der Waals surface area contributed by atoms with Crippen LogP contribution in [0.4, 0.5) is 0 Å². The molecule has 1 saturated heterocycles. The Labute approximate surface area is 169 Å². The number of nitrogens with one attached hydrogen (secondary N) is 2. The normalized spacial score (nSPS) is 18.7. The Morgan fingerprint density at radius 3 is 2.54 bits per heavy atom. The number of hydrogen-bond donors (Lipinski definition) is 3. The number of rotatable bonds is 12. The zero-order valence-electron chi connectivity index (χ0n) is 16.7. The number of carbonyl (C=O) groups excluding carboxylic acids is 5. The van der Waals surface area contributed by atoms with Gasteiger partial charge in [0, 0.05) is 24.6 Å². The van der Waals surface area contributed by atoms with Crippen molar-refractivity contribution in [2.75, 3.05) is 13.1 Å². The van der Waals surface area contributed by atoms with Gasteiger partial charge in [-0.25, -0.2) is 0 Å². The quantitative estimate of drug-likeness (QED) is 0.382. The van der Waals surface area contributed by atoms with Gasteiger partial charge in [0.25, 0.3) is 0 Å². The molecular weight excluding hydrogens is 384 g/mol. The first kappa shape index (κ1) is 23.9. The summed E-state index contributed by atoms with van der Waals surface area (Å²) in [6.45, 7) is 5.27. The first-order chi connectivity index (χ1) is 13.1. The molecule has 158 valence electrons. The van der Waals surface area contributed by atoms with E-state index in [0.717, 1.165) is 24.2 Å². The summed E-state index contributed by atoms with van der Waals surface area (Å²) in [5, 5.41) is 4.64. The van der Waals surface area contributed by atoms with E-state index >= 15 is 0 Å². The van der Waals surface area contributed by atoms with E-state index in [1.54, 1.807) is 0 Å². The molecule has 0 radical (unpaired) electrons. The van der Waals surface area contributed by atoms with Gasteiger partial charge in [0.2, 0.25) is 29.5 Å². The number of imide groups is 1. The molecule has 0 aromatic heterocycles. The highest BCUT2D eigenvalue weighted by Gasteiger charge is 2.39. The Hall–Kier alpha value is -2.10. The van der Waals surface area contributed by atoms with E-state index in [9.17, 15) is 24.0 Å². The summed E-state index contributed by atoms with van der Waals surface area (Å²) in [7, 11) is 0. The van der Waals surface area contributed by atoms with E-state index < -0.39 is 23.8 Å². The number of nitrogens with two attached hydrogens (primary N) is 1. The Kier molecular flexibility index (Phi) is 9.98. The third-order valence-electron chi connectivity index (χ3n) is 4.38. The summed E-state index contributed by atoms with van der Waals surface area (Å²) in [5.74, 6) is -2.22. The number of amides is 5. The number of nitrogens with zero attached hydrogens (tertiary/aromatic N) is 1. The molecule has 0 aromatic carbocycles. The molecule has 4 N–H and O–H groups in total. The zero-order valence-corrected chi connectivity index (χ0v) is 17.5. The average Bonchev–Trinajstić information content (AvgIpc) is 2.89. The minimum atomic E-state index is -0.835. The van der Waals surface area contributed by atoms with Gasteiger partial charge >= 0.3 is 0 Å². The summed E-state index contributed by atoms with van der Waals surface area (Å²) in [4.78, 5) is 60.0. The molecule has 1 rings (SSSR count). The standard InChI is InChI=1S/C18H30N4O5S/c1-4-5-6-11(2)28-13-9-16(25)22(18(13)27)8-7-14(23)20-10-15(24)21-12(3)17(19)26/h11-13H,4-10H2,1-3H3,(H2,19,26)(H,20,23)(H,21,24). The lowest BCUT2D eigenvalue weighted by Crippen LogP contribution is -2.46. The fraction of sp³-hybridized carbons (Fsp3) is 0.722. The van der Waals surface area contributed by atoms with Crippen LogP contribution in [0.5, 0.6) is 0 Å². The van der Waals surface area contributed by atoms with Crippen molar-refractivity contribution >= 4 is 41.3 Å². The molecule has 1 heterocycles. The molecule has 10 heteroatoms. The number of unbranched alkanes of at least 4 members (excludes halogenated alkanes) is 1. The zero-order chi connectivity index (χ0) is 21.3. The maximum atomic E-state index is 12.4. The second kappa shape index (κ2) is 11.7. The first-order valence-corrected chi connectivity index (χ1v) is 10.4. The van der Waals surface area contributed by atoms with Gasteiger partial charge in [0.15, 0.2) is 0 Å². The van der Waals surface area contributed by atoms with Gasteiger partial charge in [-0.3, -0.25) is 28.9 Å². The van der Waals surface area contributed by atoms with E-state index in [0.29, 0.717) is 5.25 Å². The predicted molar refractivity (Wildman–Crippen MR) is 106 cm³/mol. The SMILES string of the molecule is CCCCC(C)SC1CC(=O)N(CCC(=O)NCC(=O)NC(C)C(N)=O)C1=O. The molecule has 0 aromatic rings. The molecule has 1 aliphatic rings. The van der Waals surface area contributed by atoms with Gasteiger partial charge < -0.3 is 16.4 Å². The smallest absolute Gasteiger partial charge is 0.242 e. The minimum absolute atomic E-state index is 0.0107. The van der Waals surface area contributed by atoms with E-state index in [1.807, 2.05) is 0 Å². The summed E-state index contributed by atoms with van der Waals surface area (Å²) < 4.78 is 0. The third-order valence-corrected chi connectivity index (χ3v) is 5.77. The molecule has 3 atom stereocenters. The van der Waals surface area contributed by atoms with Gasteiger partial charge in [-0.2, -0.15) is 0 Å². The van der Waals surface area contributed by atoms with Gasteiger partial charge in [0.05, 0.1) is 11.8 Å². The van der Waals surface area contributed by atoms with Crippen molar-refractivity contribution in [3.8, 4) is 0 Å². The van der Waals surface area contributed by atoms with E-state index in [2.05, 4.69) is 24.5 Å². The fourth-order valence-electron chi connectivity index (χ4n) is 2.68. The summed E-state index contributed by atoms with van der Waals surface area (Å²) in [5.41, 5.74) is 5.04. The summed E-state index contributed by atoms with van der Waals surface area (Å²) >= 11 is 1.52. The van der Waals surface area contributed by atoms with E-state index in [1.165, 1.54) is 18.7 Å². The van der Waals surface area contributed by atoms with Crippen LogP contribution in [0, 0.1) is 0 Å². The number of thioether (sulfide) groups is 1. The van der Waals surface area contributed by atoms with E-state index in [4.69, 9.17) is 5.73 Å². The van der Waals surface area contributed by atoms with Crippen LogP contribution in [0.2, 0.25) is 0 Å². The van der Waals surface area contributed by atoms with Crippen LogP contribution in [-0.2, 0) is 24.0 Å². The van der Waals surface area contributed by atoms with Gasteiger partial charge in [0.1, 0.15) is 6.04 Å². The molecule has 5 amide bonds. The second-order valence-corrected chi connectivity index (χ2v) is 8.53. The van der Waals surface area contributed by atoms with Crippen LogP contribution in [-0.4, -0.2) is 64.1 Å². The lowest BCUT2D eigenvalue weighted by Gasteiger charge is -2.17. The molecule has 0 aliphatic carbocycles. The fourth-order valence-corrected chi connectivity index (χ4v) is 4.02. The lowest BCUT2D eigenvalue weighted by molar-refractivity contribution is -0.138. The van der Waals surface area contributed by atoms with Gasteiger partial charge in [-0.1, -0.05) is 26.7 Å². The van der Waals surface area contributed by atoms with Crippen molar-refractivity contribution in [2.45, 2.75) is 69.4 Å². The Bertz CT molecular complexity index is 613. The van der Waals surface area contributed by atoms with Crippen LogP contribution >= 0.6 is 11.8 Å². The molecule has 9 nitrogen and oxygen atoms in total. The molecule has 28 heavy (non-hydrogen) atoms. The maximum absolute atomic E-state index is 12.4. The topological polar surface area (TPSA) is 139 Å². The molecule has 1 fully saturated rings. The lowest BCUT2D eigenvalue weighted by atomic mass is 10.2. The number of carbonyl (C=O) groups is 5. The van der Waals surface area contributed by atoms with Crippen molar-refractivity contribution in [1.82, 2.24) is 15.5 Å². The van der Waals surface area contributed by atoms with Crippen molar-refractivity contribution in [3.63, 3.8) is 0 Å². The van der Waals surface area contributed by atoms with Crippen LogP contribution in [0.3, 0.4) is 0 Å². The van der Waals surface area contributed by atoms with Crippen LogP contribution < -0.4 is 16.4 Å². The monoisotopic (exact) mass is 414 g/mol.